The molecule has 2 fully saturated rings. The molecular weight excluding hydrogens is 410 g/mol. The van der Waals surface area contributed by atoms with Gasteiger partial charge >= 0.3 is 11.9 Å². The van der Waals surface area contributed by atoms with Crippen molar-refractivity contribution in [3.8, 4) is 5.75 Å². The fraction of sp³-hybridized carbons (Fsp3) is 0.333. The first-order valence-electron chi connectivity index (χ1n) is 9.48. The Morgan fingerprint density at radius 1 is 1.06 bits per heavy atom. The van der Waals surface area contributed by atoms with E-state index in [0.29, 0.717) is 11.1 Å². The van der Waals surface area contributed by atoms with Crippen LogP contribution in [0.4, 0.5) is 0 Å². The van der Waals surface area contributed by atoms with Crippen molar-refractivity contribution in [1.29, 1.82) is 0 Å². The van der Waals surface area contributed by atoms with Crippen molar-refractivity contribution in [3.63, 3.8) is 0 Å². The summed E-state index contributed by atoms with van der Waals surface area (Å²) < 4.78 is 21.7. The highest BCUT2D eigenvalue weighted by molar-refractivity contribution is 5.96. The van der Waals surface area contributed by atoms with Gasteiger partial charge in [0.05, 0.1) is 18.8 Å². The SMILES string of the molecule is C=C(C)C(=O)Oc1ccc2ccc(C(=O)OC3COC4C(O[N+](=O)[O-])COC34)cc2c1. The maximum Gasteiger partial charge on any atom is 0.338 e. The minimum Gasteiger partial charge on any atom is -0.453 e. The number of hydrogen-bond donors (Lipinski definition) is 0. The van der Waals surface area contributed by atoms with Crippen LogP contribution in [-0.2, 0) is 23.8 Å². The fourth-order valence-electron chi connectivity index (χ4n) is 3.55. The zero-order chi connectivity index (χ0) is 22.1. The summed E-state index contributed by atoms with van der Waals surface area (Å²) in [7, 11) is 0. The molecule has 10 nitrogen and oxygen atoms in total. The van der Waals surface area contributed by atoms with Crippen molar-refractivity contribution in [2.24, 2.45) is 0 Å². The molecule has 2 aliphatic heterocycles. The number of fused-ring (bicyclic) bond motifs is 2. The van der Waals surface area contributed by atoms with Crippen LogP contribution in [0.25, 0.3) is 10.8 Å². The predicted octanol–water partition coefficient (Wildman–Crippen LogP) is 2.22. The fourth-order valence-corrected chi connectivity index (χ4v) is 3.55. The van der Waals surface area contributed by atoms with Crippen molar-refractivity contribution >= 4 is 22.7 Å². The van der Waals surface area contributed by atoms with E-state index in [-0.39, 0.29) is 24.4 Å². The van der Waals surface area contributed by atoms with Crippen LogP contribution in [-0.4, -0.2) is 54.7 Å². The number of esters is 2. The van der Waals surface area contributed by atoms with Crippen LogP contribution in [0.15, 0.2) is 48.6 Å². The highest BCUT2D eigenvalue weighted by atomic mass is 17.0. The first-order valence-corrected chi connectivity index (χ1v) is 9.48. The van der Waals surface area contributed by atoms with E-state index in [4.69, 9.17) is 18.9 Å². The lowest BCUT2D eigenvalue weighted by Gasteiger charge is -2.17. The predicted molar refractivity (Wildman–Crippen MR) is 105 cm³/mol. The number of hydrogen-bond acceptors (Lipinski definition) is 9. The van der Waals surface area contributed by atoms with Crippen molar-refractivity contribution in [3.05, 3.63) is 64.2 Å². The maximum absolute atomic E-state index is 12.7. The Morgan fingerprint density at radius 3 is 2.45 bits per heavy atom. The molecule has 2 heterocycles. The summed E-state index contributed by atoms with van der Waals surface area (Å²) in [6.07, 6.45) is -2.88. The van der Waals surface area contributed by atoms with Crippen LogP contribution < -0.4 is 4.74 Å². The van der Waals surface area contributed by atoms with Crippen LogP contribution in [0.1, 0.15) is 17.3 Å². The van der Waals surface area contributed by atoms with Crippen LogP contribution in [0.2, 0.25) is 0 Å². The second-order valence-corrected chi connectivity index (χ2v) is 7.30. The van der Waals surface area contributed by atoms with E-state index in [0.717, 1.165) is 5.39 Å². The molecule has 31 heavy (non-hydrogen) atoms. The third-order valence-corrected chi connectivity index (χ3v) is 5.05. The van der Waals surface area contributed by atoms with Crippen LogP contribution in [0.5, 0.6) is 5.75 Å². The first kappa shape index (κ1) is 20.8. The lowest BCUT2D eigenvalue weighted by molar-refractivity contribution is -0.769. The number of rotatable bonds is 6. The summed E-state index contributed by atoms with van der Waals surface area (Å²) in [5.41, 5.74) is 0.560. The Morgan fingerprint density at radius 2 is 1.74 bits per heavy atom. The third kappa shape index (κ3) is 4.35. The van der Waals surface area contributed by atoms with E-state index in [1.54, 1.807) is 43.3 Å². The highest BCUT2D eigenvalue weighted by Gasteiger charge is 2.51. The molecule has 162 valence electrons. The minimum atomic E-state index is -0.893. The van der Waals surface area contributed by atoms with E-state index in [1.807, 2.05) is 0 Å². The van der Waals surface area contributed by atoms with Gasteiger partial charge in [0.1, 0.15) is 18.0 Å². The summed E-state index contributed by atoms with van der Waals surface area (Å²) >= 11 is 0. The van der Waals surface area contributed by atoms with Crippen molar-refractivity contribution in [2.45, 2.75) is 31.3 Å². The number of benzene rings is 2. The smallest absolute Gasteiger partial charge is 0.338 e. The van der Waals surface area contributed by atoms with E-state index in [2.05, 4.69) is 11.4 Å². The molecule has 0 radical (unpaired) electrons. The Bertz CT molecular complexity index is 1070. The summed E-state index contributed by atoms with van der Waals surface area (Å²) in [6, 6.07) is 10.0. The molecule has 0 aliphatic carbocycles. The number of carbonyl (C=O) groups is 2. The minimum absolute atomic E-state index is 0.0218. The number of ether oxygens (including phenoxy) is 4. The van der Waals surface area contributed by atoms with Gasteiger partial charge < -0.3 is 23.8 Å². The van der Waals surface area contributed by atoms with Crippen molar-refractivity contribution in [1.82, 2.24) is 0 Å². The molecule has 0 spiro atoms. The molecule has 4 unspecified atom stereocenters. The topological polar surface area (TPSA) is 123 Å². The largest absolute Gasteiger partial charge is 0.453 e. The van der Waals surface area contributed by atoms with Crippen molar-refractivity contribution < 1.29 is 38.5 Å². The quantitative estimate of drug-likeness (QED) is 0.223. The normalized spacial score (nSPS) is 24.4. The van der Waals surface area contributed by atoms with Gasteiger partial charge in [-0.3, -0.25) is 0 Å². The lowest BCUT2D eigenvalue weighted by Crippen LogP contribution is -2.35. The molecular formula is C21H19NO9. The van der Waals surface area contributed by atoms with Gasteiger partial charge in [-0.25, -0.2) is 9.59 Å². The summed E-state index contributed by atoms with van der Waals surface area (Å²) in [6.45, 7) is 5.12. The Labute approximate surface area is 176 Å². The van der Waals surface area contributed by atoms with Crippen molar-refractivity contribution in [2.75, 3.05) is 13.2 Å². The molecule has 2 aromatic carbocycles. The van der Waals surface area contributed by atoms with E-state index in [9.17, 15) is 19.7 Å². The first-order chi connectivity index (χ1) is 14.8. The van der Waals surface area contributed by atoms with Crippen LogP contribution >= 0.6 is 0 Å². The molecule has 0 amide bonds. The standard InChI is InChI=1S/C21H19NO9/c1-11(2)20(23)29-15-6-5-12-3-4-13(7-14(12)8-15)21(24)30-16-9-27-19-17(31-22(25)26)10-28-18(16)19/h3-8,16-19H,1,9-10H2,2H3. The maximum atomic E-state index is 12.7. The molecule has 2 saturated heterocycles. The van der Waals surface area contributed by atoms with Crippen LogP contribution in [0, 0.1) is 10.1 Å². The second-order valence-electron chi connectivity index (χ2n) is 7.30. The molecule has 0 bridgehead atoms. The van der Waals surface area contributed by atoms with Gasteiger partial charge in [-0.1, -0.05) is 18.7 Å². The van der Waals surface area contributed by atoms with Crippen LogP contribution in [0.3, 0.4) is 0 Å². The third-order valence-electron chi connectivity index (χ3n) is 5.05. The average Bonchev–Trinajstić information content (AvgIpc) is 3.30. The molecule has 0 saturated carbocycles. The van der Waals surface area contributed by atoms with Gasteiger partial charge in [0.25, 0.3) is 5.09 Å². The monoisotopic (exact) mass is 429 g/mol. The zero-order valence-corrected chi connectivity index (χ0v) is 16.5. The summed E-state index contributed by atoms with van der Waals surface area (Å²) in [5, 5.41) is 11.2. The zero-order valence-electron chi connectivity index (χ0n) is 16.5. The molecule has 0 aromatic heterocycles. The van der Waals surface area contributed by atoms with Gasteiger partial charge in [0.2, 0.25) is 0 Å². The van der Waals surface area contributed by atoms with Gasteiger partial charge in [0, 0.05) is 5.57 Å². The molecule has 2 aliphatic rings. The van der Waals surface area contributed by atoms with Gasteiger partial charge in [-0.05, 0) is 42.0 Å². The van der Waals surface area contributed by atoms with Gasteiger partial charge in [-0.2, -0.15) is 0 Å². The second kappa shape index (κ2) is 8.32. The Kier molecular flexibility index (Phi) is 5.57. The van der Waals surface area contributed by atoms with E-state index in [1.165, 1.54) is 0 Å². The number of carbonyl (C=O) groups excluding carboxylic acids is 2. The van der Waals surface area contributed by atoms with Gasteiger partial charge in [0.15, 0.2) is 12.2 Å². The Hall–Kier alpha value is -3.50. The highest BCUT2D eigenvalue weighted by Crippen LogP contribution is 2.31. The van der Waals surface area contributed by atoms with E-state index < -0.39 is 41.4 Å². The Balaban J connectivity index is 1.46. The molecule has 4 rings (SSSR count). The summed E-state index contributed by atoms with van der Waals surface area (Å²) in [4.78, 5) is 39.5. The number of nitrogens with zero attached hydrogens (tertiary/aromatic N) is 1. The summed E-state index contributed by atoms with van der Waals surface area (Å²) in [5.74, 6) is -0.807. The molecule has 0 N–H and O–H groups in total. The molecule has 4 atom stereocenters. The van der Waals surface area contributed by atoms with E-state index >= 15 is 0 Å². The average molecular weight is 429 g/mol. The molecule has 2 aromatic rings. The molecule has 10 heteroatoms. The van der Waals surface area contributed by atoms with Gasteiger partial charge in [-0.15, -0.1) is 10.1 Å². The lowest BCUT2D eigenvalue weighted by atomic mass is 10.1.